The summed E-state index contributed by atoms with van der Waals surface area (Å²) in [6.07, 6.45) is 2.38. The largest absolute Gasteiger partial charge is 0.453 e. The molecule has 1 aliphatic carbocycles. The molecule has 0 heterocycles. The SMILES string of the molecule is N#CCC1(COC(=O)Cl)CC1. The Morgan fingerprint density at radius 2 is 2.36 bits per heavy atom. The molecule has 0 unspecified atom stereocenters. The van der Waals surface area contributed by atoms with Gasteiger partial charge in [-0.15, -0.1) is 0 Å². The molecule has 3 nitrogen and oxygen atoms in total. The van der Waals surface area contributed by atoms with E-state index in [2.05, 4.69) is 10.8 Å². The number of nitriles is 1. The summed E-state index contributed by atoms with van der Waals surface area (Å²) in [6, 6.07) is 2.06. The van der Waals surface area contributed by atoms with Crippen LogP contribution in [0.4, 0.5) is 4.79 Å². The minimum Gasteiger partial charge on any atom is -0.453 e. The first-order valence-electron chi connectivity index (χ1n) is 3.38. The maximum Gasteiger partial charge on any atom is 0.403 e. The second-order valence-corrected chi connectivity index (χ2v) is 3.17. The van der Waals surface area contributed by atoms with E-state index >= 15 is 0 Å². The number of rotatable bonds is 3. The molecule has 60 valence electrons. The zero-order chi connectivity index (χ0) is 8.32. The van der Waals surface area contributed by atoms with E-state index in [1.165, 1.54) is 0 Å². The zero-order valence-corrected chi connectivity index (χ0v) is 6.73. The average Bonchev–Trinajstić information content (AvgIpc) is 2.67. The summed E-state index contributed by atoms with van der Waals surface area (Å²) in [7, 11) is 0. The van der Waals surface area contributed by atoms with Crippen LogP contribution in [-0.4, -0.2) is 12.0 Å². The molecule has 0 bridgehead atoms. The molecule has 0 N–H and O–H groups in total. The van der Waals surface area contributed by atoms with E-state index in [0.717, 1.165) is 12.8 Å². The van der Waals surface area contributed by atoms with Crippen LogP contribution in [0.25, 0.3) is 0 Å². The maximum absolute atomic E-state index is 10.2. The number of nitrogens with zero attached hydrogens (tertiary/aromatic N) is 1. The predicted octanol–water partition coefficient (Wildman–Crippen LogP) is 2.06. The summed E-state index contributed by atoms with van der Waals surface area (Å²) in [5, 5.41) is 8.38. The molecular weight excluding hydrogens is 166 g/mol. The van der Waals surface area contributed by atoms with Crippen molar-refractivity contribution in [1.29, 1.82) is 5.26 Å². The van der Waals surface area contributed by atoms with Crippen LogP contribution in [0.5, 0.6) is 0 Å². The number of ether oxygens (including phenoxy) is 1. The van der Waals surface area contributed by atoms with E-state index in [0.29, 0.717) is 13.0 Å². The van der Waals surface area contributed by atoms with Crippen molar-refractivity contribution in [2.45, 2.75) is 19.3 Å². The van der Waals surface area contributed by atoms with E-state index in [1.807, 2.05) is 0 Å². The van der Waals surface area contributed by atoms with Gasteiger partial charge in [0, 0.05) is 23.4 Å². The Kier molecular flexibility index (Phi) is 2.35. The highest BCUT2D eigenvalue weighted by atomic mass is 35.5. The summed E-state index contributed by atoms with van der Waals surface area (Å²) in [4.78, 5) is 10.2. The Balaban J connectivity index is 2.26. The fourth-order valence-corrected chi connectivity index (χ4v) is 0.981. The molecular formula is C7H8ClNO2. The first-order valence-corrected chi connectivity index (χ1v) is 3.76. The molecule has 4 heteroatoms. The van der Waals surface area contributed by atoms with Gasteiger partial charge in [-0.05, 0) is 12.8 Å². The molecule has 0 aliphatic heterocycles. The van der Waals surface area contributed by atoms with E-state index in [-0.39, 0.29) is 5.41 Å². The van der Waals surface area contributed by atoms with Gasteiger partial charge in [0.15, 0.2) is 0 Å². The third-order valence-corrected chi connectivity index (χ3v) is 2.01. The van der Waals surface area contributed by atoms with Crippen molar-refractivity contribution in [3.63, 3.8) is 0 Å². The quantitative estimate of drug-likeness (QED) is 0.614. The van der Waals surface area contributed by atoms with Crippen LogP contribution < -0.4 is 0 Å². The molecule has 0 atom stereocenters. The summed E-state index contributed by atoms with van der Waals surface area (Å²) in [5.41, 5.74) is -0.839. The number of carbonyl (C=O) groups excluding carboxylic acids is 1. The lowest BCUT2D eigenvalue weighted by Crippen LogP contribution is -2.10. The average molecular weight is 174 g/mol. The zero-order valence-electron chi connectivity index (χ0n) is 5.97. The van der Waals surface area contributed by atoms with Gasteiger partial charge in [0.25, 0.3) is 0 Å². The number of hydrogen-bond acceptors (Lipinski definition) is 3. The highest BCUT2D eigenvalue weighted by Gasteiger charge is 2.43. The van der Waals surface area contributed by atoms with Gasteiger partial charge >= 0.3 is 5.43 Å². The van der Waals surface area contributed by atoms with E-state index in [4.69, 9.17) is 16.9 Å². The van der Waals surface area contributed by atoms with Gasteiger partial charge in [0.05, 0.1) is 12.7 Å². The molecule has 0 amide bonds. The van der Waals surface area contributed by atoms with Crippen molar-refractivity contribution in [2.24, 2.45) is 5.41 Å². The van der Waals surface area contributed by atoms with Gasteiger partial charge in [0.1, 0.15) is 0 Å². The summed E-state index contributed by atoms with van der Waals surface area (Å²) < 4.78 is 4.60. The normalized spacial score (nSPS) is 18.5. The first kappa shape index (κ1) is 8.35. The first-order chi connectivity index (χ1) is 5.18. The Hall–Kier alpha value is -0.750. The van der Waals surface area contributed by atoms with Gasteiger partial charge in [-0.2, -0.15) is 5.26 Å². The predicted molar refractivity (Wildman–Crippen MR) is 39.1 cm³/mol. The van der Waals surface area contributed by atoms with Gasteiger partial charge in [-0.3, -0.25) is 0 Å². The standard InChI is InChI=1S/C7H8ClNO2/c8-6(10)11-5-7(1-2-7)3-4-9/h1-3,5H2. The molecule has 11 heavy (non-hydrogen) atoms. The highest BCUT2D eigenvalue weighted by Crippen LogP contribution is 2.48. The van der Waals surface area contributed by atoms with Crippen LogP contribution in [-0.2, 0) is 4.74 Å². The van der Waals surface area contributed by atoms with Crippen molar-refractivity contribution >= 4 is 17.0 Å². The fourth-order valence-electron chi connectivity index (χ4n) is 0.926. The van der Waals surface area contributed by atoms with Crippen LogP contribution in [0.3, 0.4) is 0 Å². The number of carbonyl (C=O) groups is 1. The smallest absolute Gasteiger partial charge is 0.403 e. The maximum atomic E-state index is 10.2. The van der Waals surface area contributed by atoms with Crippen LogP contribution in [0.2, 0.25) is 0 Å². The summed E-state index contributed by atoms with van der Waals surface area (Å²) >= 11 is 4.97. The minimum absolute atomic E-state index is 0.0562. The molecule has 0 radical (unpaired) electrons. The van der Waals surface area contributed by atoms with Crippen LogP contribution >= 0.6 is 11.6 Å². The third kappa shape index (κ3) is 2.39. The Labute approximate surface area is 69.9 Å². The lowest BCUT2D eigenvalue weighted by Gasteiger charge is -2.08. The lowest BCUT2D eigenvalue weighted by molar-refractivity contribution is 0.146. The Morgan fingerprint density at radius 1 is 1.73 bits per heavy atom. The minimum atomic E-state index is -0.783. The van der Waals surface area contributed by atoms with Crippen LogP contribution in [0.15, 0.2) is 0 Å². The van der Waals surface area contributed by atoms with Crippen LogP contribution in [0.1, 0.15) is 19.3 Å². The van der Waals surface area contributed by atoms with Crippen molar-refractivity contribution in [1.82, 2.24) is 0 Å². The molecule has 0 aromatic heterocycles. The molecule has 0 aromatic carbocycles. The van der Waals surface area contributed by atoms with Gasteiger partial charge in [-0.1, -0.05) is 0 Å². The summed E-state index contributed by atoms with van der Waals surface area (Å²) in [6.45, 7) is 0.295. The molecule has 0 spiro atoms. The van der Waals surface area contributed by atoms with Crippen molar-refractivity contribution in [3.05, 3.63) is 0 Å². The molecule has 1 fully saturated rings. The third-order valence-electron chi connectivity index (χ3n) is 1.90. The fraction of sp³-hybridized carbons (Fsp3) is 0.714. The Morgan fingerprint density at radius 3 is 2.73 bits per heavy atom. The second kappa shape index (κ2) is 3.10. The van der Waals surface area contributed by atoms with Crippen molar-refractivity contribution in [2.75, 3.05) is 6.61 Å². The van der Waals surface area contributed by atoms with Gasteiger partial charge in [-0.25, -0.2) is 4.79 Å². The molecule has 1 saturated carbocycles. The monoisotopic (exact) mass is 173 g/mol. The topological polar surface area (TPSA) is 50.1 Å². The van der Waals surface area contributed by atoms with Gasteiger partial charge < -0.3 is 4.74 Å². The van der Waals surface area contributed by atoms with Crippen molar-refractivity contribution in [3.8, 4) is 6.07 Å². The molecule has 0 aromatic rings. The Bertz CT molecular complexity index is 205. The van der Waals surface area contributed by atoms with E-state index < -0.39 is 5.43 Å². The number of hydrogen-bond donors (Lipinski definition) is 0. The van der Waals surface area contributed by atoms with Crippen molar-refractivity contribution < 1.29 is 9.53 Å². The molecule has 1 rings (SSSR count). The van der Waals surface area contributed by atoms with E-state index in [9.17, 15) is 4.79 Å². The number of halogens is 1. The van der Waals surface area contributed by atoms with Crippen LogP contribution in [0, 0.1) is 16.7 Å². The lowest BCUT2D eigenvalue weighted by atomic mass is 10.1. The second-order valence-electron chi connectivity index (χ2n) is 2.86. The summed E-state index contributed by atoms with van der Waals surface area (Å²) in [5.74, 6) is 0. The van der Waals surface area contributed by atoms with Gasteiger partial charge in [0.2, 0.25) is 0 Å². The highest BCUT2D eigenvalue weighted by molar-refractivity contribution is 6.61. The molecule has 0 saturated heterocycles. The van der Waals surface area contributed by atoms with E-state index in [1.54, 1.807) is 0 Å². The molecule has 1 aliphatic rings.